The van der Waals surface area contributed by atoms with Gasteiger partial charge < -0.3 is 24.6 Å². The first-order valence-corrected chi connectivity index (χ1v) is 6.93. The van der Waals surface area contributed by atoms with Crippen molar-refractivity contribution < 1.29 is 20.1 Å². The van der Waals surface area contributed by atoms with Crippen LogP contribution < -0.4 is 0 Å². The summed E-state index contributed by atoms with van der Waals surface area (Å²) in [6, 6.07) is 7.77. The van der Waals surface area contributed by atoms with Crippen molar-refractivity contribution in [2.75, 3.05) is 6.61 Å². The minimum atomic E-state index is -0.925. The van der Waals surface area contributed by atoms with Gasteiger partial charge in [-0.1, -0.05) is 36.0 Å². The summed E-state index contributed by atoms with van der Waals surface area (Å²) in [5.41, 5.74) is 1.13. The van der Waals surface area contributed by atoms with Crippen LogP contribution in [0.2, 0.25) is 0 Å². The first kappa shape index (κ1) is 14.1. The summed E-state index contributed by atoms with van der Waals surface area (Å²) in [5.74, 6) is -0.676. The molecule has 0 amide bonds. The summed E-state index contributed by atoms with van der Waals surface area (Å²) in [5, 5.41) is 30.7. The van der Waals surface area contributed by atoms with E-state index in [4.69, 9.17) is 22.1 Å². The van der Waals surface area contributed by atoms with E-state index >= 15 is 0 Å². The van der Waals surface area contributed by atoms with E-state index in [1.807, 2.05) is 31.2 Å². The quantitative estimate of drug-likeness (QED) is 0.744. The molecule has 21 heavy (non-hydrogen) atoms. The van der Waals surface area contributed by atoms with E-state index in [1.54, 1.807) is 10.8 Å². The first-order valence-electron chi connectivity index (χ1n) is 6.52. The smallest absolute Gasteiger partial charge is 0.197 e. The largest absolute Gasteiger partial charge is 0.506 e. The molecule has 2 heterocycles. The molecule has 0 saturated carbocycles. The van der Waals surface area contributed by atoms with Gasteiger partial charge in [0.15, 0.2) is 17.7 Å². The summed E-state index contributed by atoms with van der Waals surface area (Å²) >= 11 is 5.45. The van der Waals surface area contributed by atoms with Crippen LogP contribution in [0.4, 0.5) is 0 Å². The lowest BCUT2D eigenvalue weighted by Crippen LogP contribution is -2.18. The Labute approximate surface area is 126 Å². The van der Waals surface area contributed by atoms with Crippen LogP contribution in [0.25, 0.3) is 10.8 Å². The topological polar surface area (TPSA) is 74.9 Å². The molecule has 0 aliphatic carbocycles. The molecule has 5 nitrogen and oxygen atoms in total. The minimum Gasteiger partial charge on any atom is -0.506 e. The number of hydrogen-bond donors (Lipinski definition) is 3. The van der Waals surface area contributed by atoms with Crippen LogP contribution >= 0.6 is 12.2 Å². The molecule has 3 N–H and O–H groups in total. The standard InChI is InChI=1S/C15H15NO4S/c1-8-2-3-10-9(6-8)4-5-16(15(10)21)14-13(19)12(18)11(7-17)20-14/h2-6,11,14,17-19H,7H2,1H3/t11-,14-/m1/s1. The third-order valence-corrected chi connectivity index (χ3v) is 4.03. The Morgan fingerprint density at radius 3 is 2.67 bits per heavy atom. The maximum Gasteiger partial charge on any atom is 0.197 e. The predicted molar refractivity (Wildman–Crippen MR) is 80.8 cm³/mol. The van der Waals surface area contributed by atoms with Gasteiger partial charge in [0.1, 0.15) is 10.7 Å². The van der Waals surface area contributed by atoms with Gasteiger partial charge in [-0.3, -0.25) is 0 Å². The molecule has 110 valence electrons. The molecule has 2 atom stereocenters. The van der Waals surface area contributed by atoms with Crippen LogP contribution in [0, 0.1) is 11.6 Å². The number of benzene rings is 1. The number of pyridine rings is 1. The zero-order valence-corrected chi connectivity index (χ0v) is 12.2. The van der Waals surface area contributed by atoms with Gasteiger partial charge in [0.25, 0.3) is 0 Å². The Bertz CT molecular complexity index is 796. The van der Waals surface area contributed by atoms with Crippen molar-refractivity contribution in [2.45, 2.75) is 19.3 Å². The maximum absolute atomic E-state index is 9.98. The van der Waals surface area contributed by atoms with Crippen molar-refractivity contribution in [3.63, 3.8) is 0 Å². The molecular weight excluding hydrogens is 290 g/mol. The van der Waals surface area contributed by atoms with Crippen molar-refractivity contribution >= 4 is 23.0 Å². The highest BCUT2D eigenvalue weighted by molar-refractivity contribution is 7.71. The monoisotopic (exact) mass is 305 g/mol. The van der Waals surface area contributed by atoms with E-state index in [0.717, 1.165) is 16.3 Å². The fourth-order valence-corrected chi connectivity index (χ4v) is 2.81. The Kier molecular flexibility index (Phi) is 3.44. The number of hydrogen-bond acceptors (Lipinski definition) is 5. The lowest BCUT2D eigenvalue weighted by molar-refractivity contribution is -0.0353. The van der Waals surface area contributed by atoms with E-state index in [2.05, 4.69) is 0 Å². The van der Waals surface area contributed by atoms with Gasteiger partial charge in [-0.05, 0) is 18.4 Å². The van der Waals surface area contributed by atoms with Crippen LogP contribution in [0.1, 0.15) is 11.8 Å². The molecule has 0 saturated heterocycles. The number of aromatic nitrogens is 1. The second-order valence-corrected chi connectivity index (χ2v) is 5.44. The zero-order valence-electron chi connectivity index (χ0n) is 11.4. The van der Waals surface area contributed by atoms with Gasteiger partial charge in [0, 0.05) is 11.6 Å². The number of aliphatic hydroxyl groups is 3. The summed E-state index contributed by atoms with van der Waals surface area (Å²) in [7, 11) is 0. The van der Waals surface area contributed by atoms with Crippen molar-refractivity contribution in [2.24, 2.45) is 0 Å². The van der Waals surface area contributed by atoms with E-state index < -0.39 is 18.9 Å². The van der Waals surface area contributed by atoms with Crippen molar-refractivity contribution in [1.29, 1.82) is 0 Å². The van der Waals surface area contributed by atoms with E-state index in [0.29, 0.717) is 4.64 Å². The molecule has 0 fully saturated rings. The van der Waals surface area contributed by atoms with Gasteiger partial charge in [0.2, 0.25) is 0 Å². The van der Waals surface area contributed by atoms with Gasteiger partial charge in [-0.25, -0.2) is 0 Å². The molecule has 1 aliphatic heterocycles. The Morgan fingerprint density at radius 1 is 1.24 bits per heavy atom. The van der Waals surface area contributed by atoms with Gasteiger partial charge >= 0.3 is 0 Å². The zero-order chi connectivity index (χ0) is 15.1. The van der Waals surface area contributed by atoms with Crippen LogP contribution in [0.3, 0.4) is 0 Å². The molecule has 2 aromatic rings. The van der Waals surface area contributed by atoms with Crippen LogP contribution in [-0.4, -0.2) is 32.6 Å². The molecule has 1 aliphatic rings. The molecular formula is C15H15NO4S. The number of nitrogens with zero attached hydrogens (tertiary/aromatic N) is 1. The fourth-order valence-electron chi connectivity index (χ4n) is 2.47. The molecule has 3 rings (SSSR count). The molecule has 0 bridgehead atoms. The molecule has 1 aromatic carbocycles. The highest BCUT2D eigenvalue weighted by Gasteiger charge is 2.35. The number of ether oxygens (including phenoxy) is 1. The van der Waals surface area contributed by atoms with Crippen LogP contribution in [-0.2, 0) is 4.74 Å². The average Bonchev–Trinajstić information content (AvgIpc) is 2.75. The van der Waals surface area contributed by atoms with Crippen molar-refractivity contribution in [3.8, 4) is 0 Å². The second kappa shape index (κ2) is 5.14. The summed E-state index contributed by atoms with van der Waals surface area (Å²) < 4.78 is 7.51. The number of fused-ring (bicyclic) bond motifs is 1. The summed E-state index contributed by atoms with van der Waals surface area (Å²) in [6.07, 6.45) is -0.135. The summed E-state index contributed by atoms with van der Waals surface area (Å²) in [4.78, 5) is 0. The van der Waals surface area contributed by atoms with E-state index in [1.165, 1.54) is 0 Å². The second-order valence-electron chi connectivity index (χ2n) is 5.05. The first-order chi connectivity index (χ1) is 10.0. The number of aryl methyl sites for hydroxylation is 1. The Balaban J connectivity index is 2.13. The van der Waals surface area contributed by atoms with Gasteiger partial charge in [-0.2, -0.15) is 0 Å². The van der Waals surface area contributed by atoms with E-state index in [-0.39, 0.29) is 11.5 Å². The lowest BCUT2D eigenvalue weighted by atomic mass is 10.1. The highest BCUT2D eigenvalue weighted by Crippen LogP contribution is 2.32. The highest BCUT2D eigenvalue weighted by atomic mass is 32.1. The fraction of sp³-hybridized carbons (Fsp3) is 0.267. The minimum absolute atomic E-state index is 0.323. The third-order valence-electron chi connectivity index (χ3n) is 3.60. The SMILES string of the molecule is Cc1ccc2c(=S)n([C@@H]3O[C@H](CO)C(O)=C3O)ccc2c1. The third kappa shape index (κ3) is 2.21. The molecule has 1 aromatic heterocycles. The predicted octanol–water partition coefficient (Wildman–Crippen LogP) is 2.90. The lowest BCUT2D eigenvalue weighted by Gasteiger charge is -2.17. The summed E-state index contributed by atoms with van der Waals surface area (Å²) in [6.45, 7) is 1.59. The maximum atomic E-state index is 9.98. The van der Waals surface area contributed by atoms with Gasteiger partial charge in [-0.15, -0.1) is 0 Å². The van der Waals surface area contributed by atoms with Gasteiger partial charge in [0.05, 0.1) is 6.61 Å². The van der Waals surface area contributed by atoms with Crippen LogP contribution in [0.15, 0.2) is 42.0 Å². The van der Waals surface area contributed by atoms with Crippen molar-refractivity contribution in [1.82, 2.24) is 4.57 Å². The Morgan fingerprint density at radius 2 is 2.00 bits per heavy atom. The van der Waals surface area contributed by atoms with Crippen molar-refractivity contribution in [3.05, 3.63) is 52.2 Å². The molecule has 0 unspecified atom stereocenters. The number of rotatable bonds is 2. The molecule has 6 heteroatoms. The normalized spacial score (nSPS) is 22.2. The Hall–Kier alpha value is -1.89. The average molecular weight is 305 g/mol. The molecule has 0 spiro atoms. The molecule has 0 radical (unpaired) electrons. The van der Waals surface area contributed by atoms with E-state index in [9.17, 15) is 10.2 Å². The van der Waals surface area contributed by atoms with Crippen LogP contribution in [0.5, 0.6) is 0 Å². The number of aliphatic hydroxyl groups excluding tert-OH is 3.